The van der Waals surface area contributed by atoms with Crippen molar-refractivity contribution in [3.63, 3.8) is 0 Å². The van der Waals surface area contributed by atoms with Crippen LogP contribution in [0, 0.1) is 6.92 Å². The molecule has 4 heteroatoms. The molecule has 1 aromatic heterocycles. The molecule has 0 amide bonds. The van der Waals surface area contributed by atoms with E-state index in [0.717, 1.165) is 10.5 Å². The number of rotatable bonds is 3. The second-order valence-electron chi connectivity index (χ2n) is 11.0. The Morgan fingerprint density at radius 2 is 1.38 bits per heavy atom. The Kier molecular flexibility index (Phi) is 10.4. The number of aromatic nitrogens is 1. The first-order chi connectivity index (χ1) is 20.7. The van der Waals surface area contributed by atoms with Crippen LogP contribution < -0.4 is 5.32 Å². The van der Waals surface area contributed by atoms with E-state index in [9.17, 15) is 0 Å². The number of unbranched alkanes of at least 4 members (excludes halogenated alkanes) is 1. The third kappa shape index (κ3) is 6.45. The summed E-state index contributed by atoms with van der Waals surface area (Å²) < 4.78 is 1.28. The number of hydrogen-bond acceptors (Lipinski definition) is 4. The van der Waals surface area contributed by atoms with Crippen molar-refractivity contribution >= 4 is 39.0 Å². The third-order valence-corrected chi connectivity index (χ3v) is 10.5. The molecule has 42 heavy (non-hydrogen) atoms. The number of fused-ring (bicyclic) bond motifs is 7. The fourth-order valence-electron chi connectivity index (χ4n) is 6.49. The van der Waals surface area contributed by atoms with Crippen LogP contribution in [-0.4, -0.2) is 10.4 Å². The summed E-state index contributed by atoms with van der Waals surface area (Å²) in [5.41, 5.74) is 8.90. The maximum atomic E-state index is 4.33. The molecule has 4 aromatic carbocycles. The van der Waals surface area contributed by atoms with Crippen LogP contribution in [0.15, 0.2) is 102 Å². The summed E-state index contributed by atoms with van der Waals surface area (Å²) in [6.45, 7) is 8.28. The van der Waals surface area contributed by atoms with E-state index < -0.39 is 0 Å². The summed E-state index contributed by atoms with van der Waals surface area (Å²) in [6.07, 6.45) is 9.30. The Balaban J connectivity index is 0.000000127. The molecule has 1 N–H and O–H groups in total. The molecular formula is C38H44N2S2. The van der Waals surface area contributed by atoms with Gasteiger partial charge in [-0.1, -0.05) is 131 Å². The smallest absolute Gasteiger partial charge is 0.0907 e. The van der Waals surface area contributed by atoms with Gasteiger partial charge in [0.25, 0.3) is 0 Å². The van der Waals surface area contributed by atoms with Crippen LogP contribution >= 0.6 is 23.1 Å². The van der Waals surface area contributed by atoms with E-state index >= 15 is 0 Å². The Morgan fingerprint density at radius 1 is 0.786 bits per heavy atom. The number of thiazole rings is 1. The van der Waals surface area contributed by atoms with Crippen molar-refractivity contribution in [1.29, 1.82) is 0 Å². The van der Waals surface area contributed by atoms with Gasteiger partial charge in [-0.2, -0.15) is 0 Å². The molecule has 1 atom stereocenters. The van der Waals surface area contributed by atoms with Crippen LogP contribution in [-0.2, 0) is 5.41 Å². The molecule has 1 fully saturated rings. The van der Waals surface area contributed by atoms with Crippen LogP contribution in [0.3, 0.4) is 0 Å². The molecular weight excluding hydrogens is 549 g/mol. The first-order valence-corrected chi connectivity index (χ1v) is 17.4. The lowest BCUT2D eigenvalue weighted by atomic mass is 9.77. The van der Waals surface area contributed by atoms with Gasteiger partial charge in [-0.05, 0) is 72.7 Å². The molecule has 3 aliphatic rings. The van der Waals surface area contributed by atoms with Crippen molar-refractivity contribution in [2.75, 3.05) is 5.32 Å². The minimum absolute atomic E-state index is 0.354. The molecule has 1 unspecified atom stereocenters. The van der Waals surface area contributed by atoms with Crippen LogP contribution in [0.4, 0.5) is 5.69 Å². The number of anilines is 1. The Bertz CT molecular complexity index is 1480. The maximum Gasteiger partial charge on any atom is 0.0907 e. The largest absolute Gasteiger partial charge is 0.372 e. The van der Waals surface area contributed by atoms with Crippen molar-refractivity contribution in [2.45, 2.75) is 88.3 Å². The number of hydrogen-bond donors (Lipinski definition) is 1. The molecule has 218 valence electrons. The van der Waals surface area contributed by atoms with Gasteiger partial charge in [-0.15, -0.1) is 11.3 Å². The van der Waals surface area contributed by atoms with Gasteiger partial charge in [-0.25, -0.2) is 4.98 Å². The molecule has 8 rings (SSSR count). The van der Waals surface area contributed by atoms with Gasteiger partial charge in [0.15, 0.2) is 0 Å². The van der Waals surface area contributed by atoms with E-state index in [1.54, 1.807) is 22.5 Å². The number of nitrogens with zero attached hydrogens (tertiary/aromatic N) is 1. The fourth-order valence-corrected chi connectivity index (χ4v) is 8.50. The van der Waals surface area contributed by atoms with Crippen molar-refractivity contribution in [3.05, 3.63) is 113 Å². The molecule has 0 bridgehead atoms. The van der Waals surface area contributed by atoms with Gasteiger partial charge in [0.2, 0.25) is 0 Å². The molecule has 0 saturated heterocycles. The Morgan fingerprint density at radius 3 is 2.02 bits per heavy atom. The molecule has 2 aliphatic carbocycles. The lowest BCUT2D eigenvalue weighted by molar-refractivity contribution is 0.550. The van der Waals surface area contributed by atoms with E-state index in [4.69, 9.17) is 0 Å². The average Bonchev–Trinajstić information content (AvgIpc) is 3.83. The number of thioether (sulfide) groups is 1. The molecule has 2 heterocycles. The molecule has 0 radical (unpaired) electrons. The summed E-state index contributed by atoms with van der Waals surface area (Å²) in [5.74, 6) is 0. The standard InChI is InChI=1S/C17H16.C11H15NS.C8H7NS.C2H6/c1-3-9-15-13(7-1)14-8-2-4-10-16(14)17(15)11-5-6-12-17;1-2-3-8-11-12-9-6-4-5-7-10(9)13-11;1-6-9-7-4-2-3-5-8(7)10-6;1-2/h1-4,7-10H,5-6,11-12H2;4-7,11-12H,2-3,8H2,1H3;2-5H,1H3;1-2H3. The summed E-state index contributed by atoms with van der Waals surface area (Å²) >= 11 is 3.71. The van der Waals surface area contributed by atoms with E-state index in [1.807, 2.05) is 50.7 Å². The van der Waals surface area contributed by atoms with E-state index in [-0.39, 0.29) is 0 Å². The van der Waals surface area contributed by atoms with Crippen LogP contribution in [0.2, 0.25) is 0 Å². The van der Waals surface area contributed by atoms with Crippen molar-refractivity contribution in [1.82, 2.24) is 4.98 Å². The summed E-state index contributed by atoms with van der Waals surface area (Å²) in [6, 6.07) is 34.8. The van der Waals surface area contributed by atoms with Gasteiger partial charge < -0.3 is 5.32 Å². The quantitative estimate of drug-likeness (QED) is 0.225. The number of aryl methyl sites for hydroxylation is 1. The fraction of sp³-hybridized carbons (Fsp3) is 0.342. The SMILES string of the molecule is CC.CCCCC1Nc2ccccc2S1.Cc1nc2ccccc2s1.c1ccc2c(c1)-c1ccccc1C21CCCC1. The third-order valence-electron chi connectivity index (χ3n) is 8.33. The molecule has 2 nitrogen and oxygen atoms in total. The summed E-state index contributed by atoms with van der Waals surface area (Å²) in [7, 11) is 0. The van der Waals surface area contributed by atoms with Crippen molar-refractivity contribution < 1.29 is 0 Å². The lowest BCUT2D eigenvalue weighted by Gasteiger charge is -2.26. The molecule has 1 spiro atoms. The zero-order chi connectivity index (χ0) is 29.4. The van der Waals surface area contributed by atoms with Gasteiger partial charge in [-0.3, -0.25) is 0 Å². The van der Waals surface area contributed by atoms with Crippen molar-refractivity contribution in [3.8, 4) is 11.1 Å². The highest BCUT2D eigenvalue weighted by molar-refractivity contribution is 8.00. The predicted octanol–water partition coefficient (Wildman–Crippen LogP) is 11.9. The van der Waals surface area contributed by atoms with Gasteiger partial charge in [0.1, 0.15) is 0 Å². The molecule has 1 saturated carbocycles. The zero-order valence-corrected chi connectivity index (χ0v) is 27.2. The second kappa shape index (κ2) is 14.4. The highest BCUT2D eigenvalue weighted by Crippen LogP contribution is 2.56. The highest BCUT2D eigenvalue weighted by Gasteiger charge is 2.44. The molecule has 5 aromatic rings. The maximum absolute atomic E-state index is 4.33. The van der Waals surface area contributed by atoms with Crippen molar-refractivity contribution in [2.24, 2.45) is 0 Å². The topological polar surface area (TPSA) is 24.9 Å². The second-order valence-corrected chi connectivity index (χ2v) is 13.4. The van der Waals surface area contributed by atoms with Crippen LogP contribution in [0.5, 0.6) is 0 Å². The number of benzene rings is 4. The monoisotopic (exact) mass is 592 g/mol. The zero-order valence-electron chi connectivity index (χ0n) is 25.5. The van der Waals surface area contributed by atoms with Crippen LogP contribution in [0.25, 0.3) is 21.3 Å². The normalized spacial score (nSPS) is 16.5. The summed E-state index contributed by atoms with van der Waals surface area (Å²) in [5, 5.41) is 5.28. The first kappa shape index (κ1) is 30.4. The minimum Gasteiger partial charge on any atom is -0.372 e. The number of nitrogens with one attached hydrogen (secondary N) is 1. The summed E-state index contributed by atoms with van der Waals surface area (Å²) in [4.78, 5) is 5.74. The van der Waals surface area contributed by atoms with E-state index in [0.29, 0.717) is 10.8 Å². The predicted molar refractivity (Wildman–Crippen MR) is 186 cm³/mol. The first-order valence-electron chi connectivity index (χ1n) is 15.7. The Hall–Kier alpha value is -3.08. The minimum atomic E-state index is 0.354. The van der Waals surface area contributed by atoms with Crippen LogP contribution in [0.1, 0.15) is 81.9 Å². The molecule has 1 aliphatic heterocycles. The van der Waals surface area contributed by atoms with Gasteiger partial charge in [0, 0.05) is 16.0 Å². The highest BCUT2D eigenvalue weighted by atomic mass is 32.2. The average molecular weight is 593 g/mol. The van der Waals surface area contributed by atoms with Gasteiger partial charge >= 0.3 is 0 Å². The Labute approximate surface area is 261 Å². The number of para-hydroxylation sites is 2. The van der Waals surface area contributed by atoms with Gasteiger partial charge in [0.05, 0.1) is 20.6 Å². The van der Waals surface area contributed by atoms with E-state index in [1.165, 1.54) is 71.4 Å². The lowest BCUT2D eigenvalue weighted by Crippen LogP contribution is -2.20. The van der Waals surface area contributed by atoms with E-state index in [2.05, 4.69) is 96.1 Å².